The van der Waals surface area contributed by atoms with Crippen LogP contribution in [0.4, 0.5) is 0 Å². The molecule has 0 spiro atoms. The van der Waals surface area contributed by atoms with Crippen LogP contribution in [0, 0.1) is 0 Å². The highest BCUT2D eigenvalue weighted by Gasteiger charge is 2.40. The Bertz CT molecular complexity index is 3770. The zero-order valence-corrected chi connectivity index (χ0v) is 28.8. The lowest BCUT2D eigenvalue weighted by Crippen LogP contribution is -2.14. The highest BCUT2D eigenvalue weighted by molar-refractivity contribution is 6.27. The molecule has 1 aliphatic carbocycles. The van der Waals surface area contributed by atoms with Crippen LogP contribution in [-0.2, 0) is 5.41 Å². The van der Waals surface area contributed by atoms with Crippen molar-refractivity contribution in [3.63, 3.8) is 0 Å². The number of rotatable bonds is 3. The molecule has 0 aliphatic heterocycles. The Morgan fingerprint density at radius 1 is 0.509 bits per heavy atom. The molecule has 1 aliphatic rings. The van der Waals surface area contributed by atoms with Crippen molar-refractivity contribution in [1.82, 2.24) is 4.57 Å². The van der Waals surface area contributed by atoms with Crippen LogP contribution in [0.1, 0.15) is 35.9 Å². The number of nitrogens with zero attached hydrogens (tertiary/aromatic N) is 1. The van der Waals surface area contributed by atoms with Crippen molar-refractivity contribution in [2.24, 2.45) is 0 Å². The quantitative estimate of drug-likeness (QED) is 0.170. The highest BCUT2D eigenvalue weighted by Crippen LogP contribution is 2.54. The fourth-order valence-electron chi connectivity index (χ4n) is 9.05. The largest absolute Gasteiger partial charge is 0.456 e. The van der Waals surface area contributed by atoms with Crippen LogP contribution in [0.5, 0.6) is 0 Å². The highest BCUT2D eigenvalue weighted by atomic mass is 16.3. The van der Waals surface area contributed by atoms with Crippen molar-refractivity contribution < 1.29 is 15.4 Å². The maximum Gasteiger partial charge on any atom is 0.135 e. The van der Waals surface area contributed by atoms with Crippen molar-refractivity contribution in [2.75, 3.05) is 0 Å². The average molecular weight is 684 g/mol. The fraction of sp³-hybridized carbons (Fsp3) is 0.0588. The number of fused-ring (bicyclic) bond motifs is 8. The van der Waals surface area contributed by atoms with Crippen molar-refractivity contribution in [2.45, 2.75) is 19.3 Å². The van der Waals surface area contributed by atoms with Gasteiger partial charge < -0.3 is 8.98 Å². The summed E-state index contributed by atoms with van der Waals surface area (Å²) in [5.41, 5.74) is 9.24. The summed E-state index contributed by atoms with van der Waals surface area (Å²) in [6, 6.07) is 35.7. The minimum atomic E-state index is -0.362. The molecule has 12 rings (SSSR count). The van der Waals surface area contributed by atoms with Crippen LogP contribution in [0.15, 0.2) is 168 Å². The standard InChI is InChI=1S/C51H33NO/c1-51(2)43-14-8-6-13-40(43)50-49(51)41-26-20-33(28-44(41)52(50)34-21-27-46-42(29-34)37-12-7-9-15-45(37)53-46)36-23-17-32-18-24-38-35(30-10-4-3-5-11-30)22-16-31-19-25-39(36)48(32)47(31)38/h3-29H,1-2H3/i16D,17D,18D,19D,22D,23D,24D,25D. The molecule has 0 bridgehead atoms. The first-order valence-electron chi connectivity index (χ1n) is 21.9. The summed E-state index contributed by atoms with van der Waals surface area (Å²) >= 11 is 0. The third-order valence-electron chi connectivity index (χ3n) is 11.4. The predicted molar refractivity (Wildman–Crippen MR) is 223 cm³/mol. The van der Waals surface area contributed by atoms with Crippen LogP contribution in [-0.4, -0.2) is 4.57 Å². The minimum absolute atomic E-state index is 0.0262. The first-order chi connectivity index (χ1) is 29.4. The molecule has 2 aromatic heterocycles. The SMILES string of the molecule is [2H]c1c([2H])c2c([2H])c([2H])c3c(-c4ccc5c6c(n(-c7ccc8oc9ccccc9c8c7)c5c4)-c4ccccc4C6(C)C)c([2H])c([2H])c4c([2H])c([2H])c(c1-c1ccccc1)c2c43. The number of para-hydroxylation sites is 1. The van der Waals surface area contributed by atoms with Crippen LogP contribution in [0.3, 0.4) is 0 Å². The molecule has 0 atom stereocenters. The molecule has 0 unspecified atom stereocenters. The van der Waals surface area contributed by atoms with Crippen LogP contribution >= 0.6 is 0 Å². The van der Waals surface area contributed by atoms with E-state index < -0.39 is 0 Å². The fourth-order valence-corrected chi connectivity index (χ4v) is 9.05. The van der Waals surface area contributed by atoms with E-state index in [1.807, 2.05) is 54.6 Å². The number of benzene rings is 9. The molecule has 11 aromatic rings. The van der Waals surface area contributed by atoms with Gasteiger partial charge in [0.15, 0.2) is 0 Å². The summed E-state index contributed by atoms with van der Waals surface area (Å²) in [6.45, 7) is 4.48. The molecule has 0 fully saturated rings. The Labute approximate surface area is 317 Å². The molecule has 9 aromatic carbocycles. The third-order valence-corrected chi connectivity index (χ3v) is 11.4. The van der Waals surface area contributed by atoms with Crippen molar-refractivity contribution >= 4 is 65.2 Å². The van der Waals surface area contributed by atoms with Gasteiger partial charge >= 0.3 is 0 Å². The molecule has 53 heavy (non-hydrogen) atoms. The summed E-state index contributed by atoms with van der Waals surface area (Å²) in [4.78, 5) is 0. The van der Waals surface area contributed by atoms with Gasteiger partial charge in [-0.1, -0.05) is 147 Å². The van der Waals surface area contributed by atoms with Crippen LogP contribution in [0.25, 0.3) is 104 Å². The normalized spacial score (nSPS) is 15.7. The number of aromatic nitrogens is 1. The summed E-state index contributed by atoms with van der Waals surface area (Å²) < 4.78 is 83.6. The summed E-state index contributed by atoms with van der Waals surface area (Å²) in [5.74, 6) is 0. The molecule has 2 heterocycles. The predicted octanol–water partition coefficient (Wildman–Crippen LogP) is 14.1. The first kappa shape index (κ1) is 22.3. The molecule has 0 radical (unpaired) electrons. The van der Waals surface area contributed by atoms with E-state index in [4.69, 9.17) is 5.79 Å². The maximum atomic E-state index is 9.61. The van der Waals surface area contributed by atoms with E-state index in [0.29, 0.717) is 27.5 Å². The van der Waals surface area contributed by atoms with Crippen molar-refractivity contribution in [3.8, 4) is 39.2 Å². The monoisotopic (exact) mass is 683 g/mol. The minimum Gasteiger partial charge on any atom is -0.456 e. The van der Waals surface area contributed by atoms with E-state index in [1.165, 1.54) is 5.56 Å². The zero-order chi connectivity index (χ0) is 42.0. The number of furan rings is 1. The molecule has 0 N–H and O–H groups in total. The van der Waals surface area contributed by atoms with Gasteiger partial charge in [0.1, 0.15) is 11.2 Å². The van der Waals surface area contributed by atoms with Gasteiger partial charge in [-0.25, -0.2) is 0 Å². The zero-order valence-electron chi connectivity index (χ0n) is 36.8. The lowest BCUT2D eigenvalue weighted by Gasteiger charge is -2.21. The van der Waals surface area contributed by atoms with E-state index >= 15 is 0 Å². The Morgan fingerprint density at radius 3 is 1.96 bits per heavy atom. The Kier molecular flexibility index (Phi) is 4.31. The van der Waals surface area contributed by atoms with E-state index in [2.05, 4.69) is 66.9 Å². The van der Waals surface area contributed by atoms with Gasteiger partial charge in [-0.05, 0) is 96.0 Å². The molecular formula is C51H33NO. The average Bonchev–Trinajstić information content (AvgIpc) is 3.89. The van der Waals surface area contributed by atoms with E-state index in [-0.39, 0.29) is 80.9 Å². The molecule has 0 amide bonds. The van der Waals surface area contributed by atoms with Gasteiger partial charge in [0.25, 0.3) is 0 Å². The van der Waals surface area contributed by atoms with Gasteiger partial charge in [0, 0.05) is 32.8 Å². The van der Waals surface area contributed by atoms with Gasteiger partial charge in [0.05, 0.1) is 22.2 Å². The molecule has 0 saturated heterocycles. The van der Waals surface area contributed by atoms with Gasteiger partial charge in [-0.2, -0.15) is 0 Å². The number of hydrogen-bond acceptors (Lipinski definition) is 1. The second kappa shape index (κ2) is 10.2. The van der Waals surface area contributed by atoms with Gasteiger partial charge in [-0.15, -0.1) is 0 Å². The van der Waals surface area contributed by atoms with E-state index in [1.54, 1.807) is 12.1 Å². The van der Waals surface area contributed by atoms with Crippen LogP contribution < -0.4 is 0 Å². The van der Waals surface area contributed by atoms with Crippen LogP contribution in [0.2, 0.25) is 0 Å². The molecule has 2 nitrogen and oxygen atoms in total. The second-order valence-corrected chi connectivity index (χ2v) is 14.6. The summed E-state index contributed by atoms with van der Waals surface area (Å²) in [5, 5.41) is 4.08. The smallest absolute Gasteiger partial charge is 0.135 e. The van der Waals surface area contributed by atoms with E-state index in [0.717, 1.165) is 55.3 Å². The Balaban J connectivity index is 1.23. The van der Waals surface area contributed by atoms with Crippen molar-refractivity contribution in [3.05, 3.63) is 175 Å². The molecule has 0 saturated carbocycles. The van der Waals surface area contributed by atoms with Gasteiger partial charge in [-0.3, -0.25) is 0 Å². The van der Waals surface area contributed by atoms with Gasteiger partial charge in [0.2, 0.25) is 0 Å². The third kappa shape index (κ3) is 3.82. The summed E-state index contributed by atoms with van der Waals surface area (Å²) in [7, 11) is 0. The Hall–Kier alpha value is -6.64. The van der Waals surface area contributed by atoms with Crippen molar-refractivity contribution in [1.29, 1.82) is 0 Å². The first-order valence-corrected chi connectivity index (χ1v) is 17.9. The number of hydrogen-bond donors (Lipinski definition) is 0. The van der Waals surface area contributed by atoms with E-state index in [9.17, 15) is 9.60 Å². The molecule has 2 heteroatoms. The lowest BCUT2D eigenvalue weighted by atomic mass is 9.81. The molecular weight excluding hydrogens is 643 g/mol. The topological polar surface area (TPSA) is 18.1 Å². The Morgan fingerprint density at radius 2 is 1.17 bits per heavy atom. The lowest BCUT2D eigenvalue weighted by molar-refractivity contribution is 0.666. The molecule has 248 valence electrons. The maximum absolute atomic E-state index is 9.61. The second-order valence-electron chi connectivity index (χ2n) is 14.6. The summed E-state index contributed by atoms with van der Waals surface area (Å²) in [6.07, 6.45) is 0.